The Hall–Kier alpha value is -1.68. The largest absolute Gasteiger partial charge is 0.295 e. The number of benzene rings is 1. The van der Waals surface area contributed by atoms with E-state index in [-0.39, 0.29) is 17.0 Å². The Morgan fingerprint density at radius 2 is 1.86 bits per heavy atom. The molecular weight excluding hydrogens is 284 g/mol. The van der Waals surface area contributed by atoms with Crippen molar-refractivity contribution >= 4 is 15.6 Å². The monoisotopic (exact) mass is 302 g/mol. The lowest BCUT2D eigenvalue weighted by atomic mass is 9.74. The highest BCUT2D eigenvalue weighted by Crippen LogP contribution is 2.46. The standard InChI is InChI=1S/C17H18O3S/c18-15-8-11-17(12-9-15)10-4-5-14(17)13-21(19,20)16-6-2-1-3-7-16/h1-3,5-8,11H,4,9-10,12-13H2. The van der Waals surface area contributed by atoms with Gasteiger partial charge in [-0.3, -0.25) is 4.79 Å². The molecule has 1 atom stereocenters. The lowest BCUT2D eigenvalue weighted by Gasteiger charge is -2.31. The van der Waals surface area contributed by atoms with E-state index in [1.165, 1.54) is 0 Å². The van der Waals surface area contributed by atoms with Crippen molar-refractivity contribution in [3.05, 3.63) is 54.1 Å². The molecule has 1 spiro atoms. The van der Waals surface area contributed by atoms with Gasteiger partial charge < -0.3 is 0 Å². The van der Waals surface area contributed by atoms with Gasteiger partial charge in [-0.15, -0.1) is 0 Å². The van der Waals surface area contributed by atoms with Gasteiger partial charge >= 0.3 is 0 Å². The summed E-state index contributed by atoms with van der Waals surface area (Å²) in [6.07, 6.45) is 8.64. The van der Waals surface area contributed by atoms with Crippen LogP contribution < -0.4 is 0 Å². The van der Waals surface area contributed by atoms with Crippen molar-refractivity contribution in [3.8, 4) is 0 Å². The summed E-state index contributed by atoms with van der Waals surface area (Å²) in [7, 11) is -3.32. The molecule has 0 saturated carbocycles. The summed E-state index contributed by atoms with van der Waals surface area (Å²) in [6.45, 7) is 0. The van der Waals surface area contributed by atoms with Crippen molar-refractivity contribution in [2.75, 3.05) is 5.75 Å². The van der Waals surface area contributed by atoms with Gasteiger partial charge in [0.15, 0.2) is 15.6 Å². The number of ketones is 1. The minimum absolute atomic E-state index is 0.0511. The van der Waals surface area contributed by atoms with Gasteiger partial charge in [-0.1, -0.05) is 30.4 Å². The maximum Gasteiger partial charge on any atom is 0.182 e. The van der Waals surface area contributed by atoms with E-state index in [2.05, 4.69) is 0 Å². The number of carbonyl (C=O) groups excluding carboxylic acids is 1. The first-order chi connectivity index (χ1) is 10.0. The highest BCUT2D eigenvalue weighted by Gasteiger charge is 2.38. The van der Waals surface area contributed by atoms with Crippen LogP contribution in [-0.2, 0) is 14.6 Å². The molecule has 0 saturated heterocycles. The molecular formula is C17H18O3S. The van der Waals surface area contributed by atoms with Crippen LogP contribution in [0.15, 0.2) is 59.0 Å². The van der Waals surface area contributed by atoms with Gasteiger partial charge in [0.1, 0.15) is 0 Å². The summed E-state index contributed by atoms with van der Waals surface area (Å²) >= 11 is 0. The molecule has 0 amide bonds. The van der Waals surface area contributed by atoms with Crippen LogP contribution in [0, 0.1) is 5.41 Å². The first-order valence-electron chi connectivity index (χ1n) is 7.21. The highest BCUT2D eigenvalue weighted by atomic mass is 32.2. The topological polar surface area (TPSA) is 51.2 Å². The second-order valence-electron chi connectivity index (χ2n) is 5.80. The molecule has 3 nitrogen and oxygen atoms in total. The summed E-state index contributed by atoms with van der Waals surface area (Å²) in [5.74, 6) is 0.188. The van der Waals surface area contributed by atoms with Crippen molar-refractivity contribution in [1.82, 2.24) is 0 Å². The SMILES string of the molecule is O=C1C=CC2(CCC=C2CS(=O)(=O)c2ccccc2)CC1. The Balaban J connectivity index is 1.88. The highest BCUT2D eigenvalue weighted by molar-refractivity contribution is 7.91. The first-order valence-corrected chi connectivity index (χ1v) is 8.87. The first kappa shape index (κ1) is 14.3. The summed E-state index contributed by atoms with van der Waals surface area (Å²) < 4.78 is 25.1. The van der Waals surface area contributed by atoms with E-state index >= 15 is 0 Å². The second-order valence-corrected chi connectivity index (χ2v) is 7.79. The Bertz CT molecular complexity index is 714. The van der Waals surface area contributed by atoms with Gasteiger partial charge in [-0.05, 0) is 43.0 Å². The fourth-order valence-corrected chi connectivity index (χ4v) is 4.78. The van der Waals surface area contributed by atoms with Gasteiger partial charge in [0.2, 0.25) is 0 Å². The molecule has 1 aromatic carbocycles. The maximum absolute atomic E-state index is 12.5. The van der Waals surface area contributed by atoms with Gasteiger partial charge in [0.05, 0.1) is 10.6 Å². The van der Waals surface area contributed by atoms with Crippen LogP contribution in [0.4, 0.5) is 0 Å². The van der Waals surface area contributed by atoms with E-state index in [1.807, 2.05) is 18.2 Å². The molecule has 2 aliphatic carbocycles. The summed E-state index contributed by atoms with van der Waals surface area (Å²) in [5, 5.41) is 0. The molecule has 21 heavy (non-hydrogen) atoms. The molecule has 110 valence electrons. The molecule has 3 rings (SSSR count). The minimum atomic E-state index is -3.32. The van der Waals surface area contributed by atoms with E-state index in [4.69, 9.17) is 0 Å². The molecule has 0 heterocycles. The Morgan fingerprint density at radius 3 is 2.52 bits per heavy atom. The predicted octanol–water partition coefficient (Wildman–Crippen LogP) is 3.09. The third-order valence-corrected chi connectivity index (χ3v) is 6.16. The van der Waals surface area contributed by atoms with Crippen molar-refractivity contribution in [2.24, 2.45) is 5.41 Å². The average molecular weight is 302 g/mol. The number of allylic oxidation sites excluding steroid dienone is 3. The van der Waals surface area contributed by atoms with Crippen LogP contribution in [0.1, 0.15) is 25.7 Å². The van der Waals surface area contributed by atoms with Crippen LogP contribution >= 0.6 is 0 Å². The fraction of sp³-hybridized carbons (Fsp3) is 0.353. The number of carbonyl (C=O) groups is 1. The molecule has 0 fully saturated rings. The van der Waals surface area contributed by atoms with Crippen LogP contribution in [0.3, 0.4) is 0 Å². The third kappa shape index (κ3) is 2.72. The zero-order valence-electron chi connectivity index (χ0n) is 11.8. The minimum Gasteiger partial charge on any atom is -0.295 e. The van der Waals surface area contributed by atoms with Crippen molar-refractivity contribution in [1.29, 1.82) is 0 Å². The zero-order valence-corrected chi connectivity index (χ0v) is 12.6. The fourth-order valence-electron chi connectivity index (χ4n) is 3.23. The second kappa shape index (κ2) is 5.26. The zero-order chi connectivity index (χ0) is 14.9. The van der Waals surface area contributed by atoms with Gasteiger partial charge in [0, 0.05) is 11.8 Å². The summed E-state index contributed by atoms with van der Waals surface area (Å²) in [6, 6.07) is 8.57. The molecule has 4 heteroatoms. The molecule has 2 aliphatic rings. The third-order valence-electron chi connectivity index (χ3n) is 4.47. The van der Waals surface area contributed by atoms with E-state index in [0.717, 1.165) is 24.8 Å². The van der Waals surface area contributed by atoms with Crippen molar-refractivity contribution in [3.63, 3.8) is 0 Å². The van der Waals surface area contributed by atoms with Crippen LogP contribution in [-0.4, -0.2) is 20.0 Å². The van der Waals surface area contributed by atoms with Crippen LogP contribution in [0.2, 0.25) is 0 Å². The number of hydrogen-bond acceptors (Lipinski definition) is 3. The predicted molar refractivity (Wildman–Crippen MR) is 81.6 cm³/mol. The maximum atomic E-state index is 12.5. The normalized spacial score (nSPS) is 25.3. The number of sulfone groups is 1. The van der Waals surface area contributed by atoms with E-state index in [9.17, 15) is 13.2 Å². The van der Waals surface area contributed by atoms with E-state index < -0.39 is 9.84 Å². The molecule has 0 aromatic heterocycles. The number of hydrogen-bond donors (Lipinski definition) is 0. The molecule has 1 unspecified atom stereocenters. The lowest BCUT2D eigenvalue weighted by molar-refractivity contribution is -0.115. The Kier molecular flexibility index (Phi) is 3.57. The van der Waals surface area contributed by atoms with Crippen molar-refractivity contribution < 1.29 is 13.2 Å². The summed E-state index contributed by atoms with van der Waals surface area (Å²) in [4.78, 5) is 11.8. The van der Waals surface area contributed by atoms with Crippen LogP contribution in [0.25, 0.3) is 0 Å². The van der Waals surface area contributed by atoms with Gasteiger partial charge in [0.25, 0.3) is 0 Å². The molecule has 1 aromatic rings. The van der Waals surface area contributed by atoms with E-state index in [0.29, 0.717) is 11.3 Å². The molecule has 0 bridgehead atoms. The van der Waals surface area contributed by atoms with Gasteiger partial charge in [-0.25, -0.2) is 8.42 Å². The Labute approximate surface area is 125 Å². The van der Waals surface area contributed by atoms with Crippen molar-refractivity contribution in [2.45, 2.75) is 30.6 Å². The Morgan fingerprint density at radius 1 is 1.10 bits per heavy atom. The van der Waals surface area contributed by atoms with Gasteiger partial charge in [-0.2, -0.15) is 0 Å². The molecule has 0 N–H and O–H groups in total. The lowest BCUT2D eigenvalue weighted by Crippen LogP contribution is -2.26. The molecule has 0 radical (unpaired) electrons. The quantitative estimate of drug-likeness (QED) is 0.806. The van der Waals surface area contributed by atoms with E-state index in [1.54, 1.807) is 30.3 Å². The van der Waals surface area contributed by atoms with Crippen LogP contribution in [0.5, 0.6) is 0 Å². The smallest absolute Gasteiger partial charge is 0.182 e. The average Bonchev–Trinajstić information content (AvgIpc) is 2.85. The molecule has 0 aliphatic heterocycles. The number of rotatable bonds is 3. The summed E-state index contributed by atoms with van der Waals surface area (Å²) in [5.41, 5.74) is 0.741.